The van der Waals surface area contributed by atoms with Crippen molar-refractivity contribution in [3.05, 3.63) is 218 Å². The highest BCUT2D eigenvalue weighted by molar-refractivity contribution is 6.16. The lowest BCUT2D eigenvalue weighted by molar-refractivity contribution is 1.26. The zero-order chi connectivity index (χ0) is 35.8. The molecule has 0 spiro atoms. The molecule has 0 fully saturated rings. The second-order valence-corrected chi connectivity index (χ2v) is 13.8. The normalized spacial score (nSPS) is 11.3. The molecule has 2 heterocycles. The summed E-state index contributed by atoms with van der Waals surface area (Å²) in [5.74, 6) is 0. The van der Waals surface area contributed by atoms with Crippen LogP contribution in [0.5, 0.6) is 0 Å². The molecular formula is C52H36N2. The fourth-order valence-electron chi connectivity index (χ4n) is 8.00. The van der Waals surface area contributed by atoms with E-state index in [0.717, 1.165) is 22.6 Å². The molecule has 8 aromatic carbocycles. The van der Waals surface area contributed by atoms with Gasteiger partial charge < -0.3 is 9.30 Å². The van der Waals surface area contributed by atoms with Crippen molar-refractivity contribution in [2.45, 2.75) is 0 Å². The molecule has 2 aromatic heterocycles. The Balaban J connectivity index is 1.12. The van der Waals surface area contributed by atoms with Crippen molar-refractivity contribution in [2.75, 3.05) is 4.90 Å². The van der Waals surface area contributed by atoms with E-state index in [-0.39, 0.29) is 0 Å². The topological polar surface area (TPSA) is 7.65 Å². The van der Waals surface area contributed by atoms with Gasteiger partial charge in [-0.3, -0.25) is 0 Å². The summed E-state index contributed by atoms with van der Waals surface area (Å²) in [6.45, 7) is 0. The van der Waals surface area contributed by atoms with Crippen molar-refractivity contribution in [1.82, 2.24) is 4.40 Å². The smallest absolute Gasteiger partial charge is 0.0625 e. The van der Waals surface area contributed by atoms with Crippen LogP contribution in [0.2, 0.25) is 0 Å². The van der Waals surface area contributed by atoms with E-state index in [0.29, 0.717) is 0 Å². The summed E-state index contributed by atoms with van der Waals surface area (Å²) in [7, 11) is 0. The monoisotopic (exact) mass is 688 g/mol. The number of anilines is 3. The number of benzene rings is 8. The summed E-state index contributed by atoms with van der Waals surface area (Å²) in [5.41, 5.74) is 15.4. The molecule has 0 aliphatic rings. The molecular weight excluding hydrogens is 653 g/mol. The third-order valence-corrected chi connectivity index (χ3v) is 10.6. The molecule has 10 rings (SSSR count). The van der Waals surface area contributed by atoms with Gasteiger partial charge in [-0.1, -0.05) is 170 Å². The number of hydrogen-bond donors (Lipinski definition) is 0. The zero-order valence-corrected chi connectivity index (χ0v) is 29.7. The van der Waals surface area contributed by atoms with Gasteiger partial charge in [-0.15, -0.1) is 0 Å². The summed E-state index contributed by atoms with van der Waals surface area (Å²) < 4.78 is 2.47. The van der Waals surface area contributed by atoms with Gasteiger partial charge in [0.05, 0.1) is 16.7 Å². The lowest BCUT2D eigenvalue weighted by atomic mass is 9.99. The first-order valence-electron chi connectivity index (χ1n) is 18.5. The highest BCUT2D eigenvalue weighted by Gasteiger charge is 2.20. The third kappa shape index (κ3) is 5.53. The molecule has 0 saturated carbocycles. The van der Waals surface area contributed by atoms with E-state index in [1.54, 1.807) is 0 Å². The number of hydrogen-bond acceptors (Lipinski definition) is 1. The minimum absolute atomic E-state index is 1.10. The SMILES string of the molecule is c1ccc(-c2ccc(N(c3ccc(-c4ccccc4)cc3)c3ccc(-c4cc5ccccc5c5c(-c6ccccc6)c6ccccc6n45)cc3)cc2)cc1. The number of pyridine rings is 1. The van der Waals surface area contributed by atoms with E-state index in [1.165, 1.54) is 66.3 Å². The van der Waals surface area contributed by atoms with Crippen molar-refractivity contribution < 1.29 is 0 Å². The summed E-state index contributed by atoms with van der Waals surface area (Å²) in [6.07, 6.45) is 0. The molecule has 0 N–H and O–H groups in total. The molecule has 2 nitrogen and oxygen atoms in total. The molecule has 0 radical (unpaired) electrons. The van der Waals surface area contributed by atoms with Crippen LogP contribution in [-0.4, -0.2) is 4.40 Å². The predicted octanol–water partition coefficient (Wildman–Crippen LogP) is 14.4. The van der Waals surface area contributed by atoms with Gasteiger partial charge in [0.25, 0.3) is 0 Å². The van der Waals surface area contributed by atoms with Crippen LogP contribution in [0.25, 0.3) is 71.8 Å². The molecule has 0 aliphatic carbocycles. The first-order chi connectivity index (χ1) is 26.8. The Morgan fingerprint density at radius 2 is 0.722 bits per heavy atom. The van der Waals surface area contributed by atoms with Gasteiger partial charge in [-0.2, -0.15) is 0 Å². The maximum Gasteiger partial charge on any atom is 0.0625 e. The Kier molecular flexibility index (Phi) is 7.85. The zero-order valence-electron chi connectivity index (χ0n) is 29.7. The largest absolute Gasteiger partial charge is 0.311 e. The Bertz CT molecular complexity index is 2790. The van der Waals surface area contributed by atoms with Crippen LogP contribution in [0, 0.1) is 0 Å². The van der Waals surface area contributed by atoms with Crippen molar-refractivity contribution in [3.63, 3.8) is 0 Å². The molecule has 0 aliphatic heterocycles. The van der Waals surface area contributed by atoms with Gasteiger partial charge in [0.1, 0.15) is 0 Å². The standard InChI is InChI=1S/C52H36N2/c1-4-14-37(15-5-1)39-24-30-44(31-25-39)53(45-32-26-40(27-33-45)38-16-6-2-7-17-38)46-34-28-41(29-35-46)50-36-43-20-10-11-21-47(43)52-51(42-18-8-3-9-19-42)48-22-12-13-23-49(48)54(50)52/h1-36H. The summed E-state index contributed by atoms with van der Waals surface area (Å²) in [6, 6.07) is 78.7. The van der Waals surface area contributed by atoms with Crippen molar-refractivity contribution in [1.29, 1.82) is 0 Å². The Morgan fingerprint density at radius 1 is 0.315 bits per heavy atom. The average Bonchev–Trinajstić information content (AvgIpc) is 3.61. The molecule has 0 saturated heterocycles. The average molecular weight is 689 g/mol. The van der Waals surface area contributed by atoms with E-state index >= 15 is 0 Å². The van der Waals surface area contributed by atoms with Gasteiger partial charge in [0.15, 0.2) is 0 Å². The predicted molar refractivity (Wildman–Crippen MR) is 229 cm³/mol. The fraction of sp³-hybridized carbons (Fsp3) is 0. The van der Waals surface area contributed by atoms with Gasteiger partial charge in [-0.05, 0) is 87.3 Å². The minimum Gasteiger partial charge on any atom is -0.311 e. The second-order valence-electron chi connectivity index (χ2n) is 13.8. The van der Waals surface area contributed by atoms with Gasteiger partial charge in [0, 0.05) is 33.4 Å². The quantitative estimate of drug-likeness (QED) is 0.162. The van der Waals surface area contributed by atoms with E-state index in [4.69, 9.17) is 0 Å². The van der Waals surface area contributed by atoms with Crippen LogP contribution in [0.4, 0.5) is 17.1 Å². The van der Waals surface area contributed by atoms with Crippen molar-refractivity contribution in [2.24, 2.45) is 0 Å². The second kappa shape index (κ2) is 13.4. The minimum atomic E-state index is 1.10. The van der Waals surface area contributed by atoms with Gasteiger partial charge in [0.2, 0.25) is 0 Å². The lowest BCUT2D eigenvalue weighted by Gasteiger charge is -2.26. The first kappa shape index (κ1) is 31.6. The third-order valence-electron chi connectivity index (χ3n) is 10.6. The summed E-state index contributed by atoms with van der Waals surface area (Å²) in [5, 5.41) is 3.72. The number of rotatable bonds is 7. The van der Waals surface area contributed by atoms with Crippen LogP contribution < -0.4 is 4.90 Å². The number of nitrogens with zero attached hydrogens (tertiary/aromatic N) is 2. The van der Waals surface area contributed by atoms with Crippen molar-refractivity contribution in [3.8, 4) is 44.6 Å². The number of fused-ring (bicyclic) bond motifs is 5. The lowest BCUT2D eigenvalue weighted by Crippen LogP contribution is -2.09. The van der Waals surface area contributed by atoms with Crippen LogP contribution in [-0.2, 0) is 0 Å². The summed E-state index contributed by atoms with van der Waals surface area (Å²) >= 11 is 0. The fourth-order valence-corrected chi connectivity index (χ4v) is 8.00. The molecule has 0 bridgehead atoms. The molecule has 0 amide bonds. The molecule has 254 valence electrons. The molecule has 10 aromatic rings. The van der Waals surface area contributed by atoms with Crippen LogP contribution in [0.1, 0.15) is 0 Å². The van der Waals surface area contributed by atoms with Crippen LogP contribution in [0.3, 0.4) is 0 Å². The Morgan fingerprint density at radius 3 is 1.26 bits per heavy atom. The van der Waals surface area contributed by atoms with Crippen molar-refractivity contribution >= 4 is 44.3 Å². The number of aromatic nitrogens is 1. The maximum atomic E-state index is 2.47. The summed E-state index contributed by atoms with van der Waals surface area (Å²) in [4.78, 5) is 2.35. The first-order valence-corrected chi connectivity index (χ1v) is 18.5. The molecule has 0 atom stereocenters. The van der Waals surface area contributed by atoms with Gasteiger partial charge >= 0.3 is 0 Å². The molecule has 0 unspecified atom stereocenters. The van der Waals surface area contributed by atoms with Crippen LogP contribution >= 0.6 is 0 Å². The highest BCUT2D eigenvalue weighted by atomic mass is 15.1. The van der Waals surface area contributed by atoms with E-state index in [2.05, 4.69) is 228 Å². The van der Waals surface area contributed by atoms with E-state index < -0.39 is 0 Å². The van der Waals surface area contributed by atoms with Gasteiger partial charge in [-0.25, -0.2) is 0 Å². The Hall–Kier alpha value is -7.16. The van der Waals surface area contributed by atoms with E-state index in [1.807, 2.05) is 0 Å². The maximum absolute atomic E-state index is 2.47. The Labute approximate surface area is 315 Å². The molecule has 54 heavy (non-hydrogen) atoms. The van der Waals surface area contributed by atoms with Crippen LogP contribution in [0.15, 0.2) is 218 Å². The molecule has 2 heteroatoms. The number of para-hydroxylation sites is 1. The van der Waals surface area contributed by atoms with E-state index in [9.17, 15) is 0 Å². The highest BCUT2D eigenvalue weighted by Crippen LogP contribution is 2.43.